The molecule has 1 atom stereocenters. The van der Waals surface area contributed by atoms with E-state index in [1.54, 1.807) is 42.5 Å². The molecule has 0 saturated carbocycles. The van der Waals surface area contributed by atoms with Crippen molar-refractivity contribution in [3.05, 3.63) is 54.2 Å². The molecule has 24 heavy (non-hydrogen) atoms. The molecule has 1 aromatic carbocycles. The van der Waals surface area contributed by atoms with E-state index in [2.05, 4.69) is 10.2 Å². The van der Waals surface area contributed by atoms with E-state index < -0.39 is 0 Å². The highest BCUT2D eigenvalue weighted by Gasteiger charge is 2.26. The minimum Gasteiger partial charge on any atom is -0.497 e. The van der Waals surface area contributed by atoms with E-state index in [0.717, 1.165) is 17.7 Å². The van der Waals surface area contributed by atoms with Crippen molar-refractivity contribution in [2.45, 2.75) is 12.5 Å². The molecule has 0 spiro atoms. The summed E-state index contributed by atoms with van der Waals surface area (Å²) in [7, 11) is 1.63. The molecule has 1 aliphatic heterocycles. The number of methoxy groups -OCH3 is 1. The number of carbonyl (C=O) groups excluding carboxylic acids is 1. The number of amides is 1. The van der Waals surface area contributed by atoms with Crippen molar-refractivity contribution in [2.75, 3.05) is 20.2 Å². The fraction of sp³-hybridized carbons (Fsp3) is 0.278. The highest BCUT2D eigenvalue weighted by molar-refractivity contribution is 5.92. The topological polar surface area (TPSA) is 64.5 Å². The second-order valence-corrected chi connectivity index (χ2v) is 5.48. The van der Waals surface area contributed by atoms with Gasteiger partial charge in [0.25, 0.3) is 0 Å². The zero-order valence-electron chi connectivity index (χ0n) is 13.5. The van der Waals surface area contributed by atoms with Crippen molar-refractivity contribution in [3.63, 3.8) is 0 Å². The molecule has 124 valence electrons. The first kappa shape index (κ1) is 16.0. The van der Waals surface area contributed by atoms with Gasteiger partial charge in [-0.1, -0.05) is 12.1 Å². The molecular weight excluding hydrogens is 306 g/mol. The summed E-state index contributed by atoms with van der Waals surface area (Å²) in [4.78, 5) is 14.0. The molecule has 3 rings (SSSR count). The average molecular weight is 325 g/mol. The first-order chi connectivity index (χ1) is 11.7. The fourth-order valence-electron chi connectivity index (χ4n) is 2.53. The summed E-state index contributed by atoms with van der Waals surface area (Å²) in [5.74, 6) is 1.27. The van der Waals surface area contributed by atoms with E-state index in [9.17, 15) is 4.79 Å². The molecule has 0 aliphatic carbocycles. The standard InChI is InChI=1S/C18H19N3O3/c1-23-15-7-4-14(5-8-15)6-9-18(22)21-12-10-16(13-21)24-17-3-2-11-19-20-17/h2-9,11,16H,10,12-13H2,1H3/b9-6+/t16-/m0/s1. The van der Waals surface area contributed by atoms with Crippen molar-refractivity contribution in [3.8, 4) is 11.6 Å². The van der Waals surface area contributed by atoms with Crippen LogP contribution in [0, 0.1) is 0 Å². The molecule has 1 fully saturated rings. The van der Waals surface area contributed by atoms with Gasteiger partial charge in [0.15, 0.2) is 0 Å². The Morgan fingerprint density at radius 1 is 1.29 bits per heavy atom. The van der Waals surface area contributed by atoms with Crippen molar-refractivity contribution >= 4 is 12.0 Å². The predicted octanol–water partition coefficient (Wildman–Crippen LogP) is 2.18. The van der Waals surface area contributed by atoms with Gasteiger partial charge in [-0.3, -0.25) is 4.79 Å². The summed E-state index contributed by atoms with van der Waals surface area (Å²) >= 11 is 0. The third-order valence-corrected chi connectivity index (χ3v) is 3.83. The lowest BCUT2D eigenvalue weighted by molar-refractivity contribution is -0.125. The van der Waals surface area contributed by atoms with E-state index in [1.807, 2.05) is 24.3 Å². The van der Waals surface area contributed by atoms with Crippen LogP contribution in [0.3, 0.4) is 0 Å². The largest absolute Gasteiger partial charge is 0.497 e. The van der Waals surface area contributed by atoms with Crippen LogP contribution in [-0.4, -0.2) is 47.3 Å². The van der Waals surface area contributed by atoms with Crippen molar-refractivity contribution in [1.82, 2.24) is 15.1 Å². The van der Waals surface area contributed by atoms with E-state index in [4.69, 9.17) is 9.47 Å². The Labute approximate surface area is 140 Å². The molecule has 1 aromatic heterocycles. The number of likely N-dealkylation sites (tertiary alicyclic amines) is 1. The van der Waals surface area contributed by atoms with E-state index >= 15 is 0 Å². The third kappa shape index (κ3) is 4.10. The summed E-state index contributed by atoms with van der Waals surface area (Å²) in [6.07, 6.45) is 5.74. The zero-order chi connectivity index (χ0) is 16.8. The van der Waals surface area contributed by atoms with Crippen LogP contribution in [0.5, 0.6) is 11.6 Å². The van der Waals surface area contributed by atoms with Gasteiger partial charge in [-0.05, 0) is 29.8 Å². The van der Waals surface area contributed by atoms with Crippen LogP contribution in [0.1, 0.15) is 12.0 Å². The summed E-state index contributed by atoms with van der Waals surface area (Å²) in [5, 5.41) is 7.68. The minimum absolute atomic E-state index is 0.0175. The number of ether oxygens (including phenoxy) is 2. The first-order valence-electron chi connectivity index (χ1n) is 7.80. The highest BCUT2D eigenvalue weighted by atomic mass is 16.5. The molecule has 6 heteroatoms. The Hall–Kier alpha value is -2.89. The highest BCUT2D eigenvalue weighted by Crippen LogP contribution is 2.17. The van der Waals surface area contributed by atoms with Gasteiger partial charge in [0, 0.05) is 31.3 Å². The van der Waals surface area contributed by atoms with Crippen molar-refractivity contribution in [1.29, 1.82) is 0 Å². The van der Waals surface area contributed by atoms with Crippen LogP contribution in [0.4, 0.5) is 0 Å². The number of nitrogens with zero attached hydrogens (tertiary/aromatic N) is 3. The molecule has 1 saturated heterocycles. The first-order valence-corrected chi connectivity index (χ1v) is 7.80. The normalized spacial score (nSPS) is 17.2. The Kier molecular flexibility index (Phi) is 5.05. The van der Waals surface area contributed by atoms with E-state index in [-0.39, 0.29) is 12.0 Å². The Bertz CT molecular complexity index is 701. The van der Waals surface area contributed by atoms with Gasteiger partial charge in [0.2, 0.25) is 11.8 Å². The Morgan fingerprint density at radius 3 is 2.83 bits per heavy atom. The third-order valence-electron chi connectivity index (χ3n) is 3.83. The van der Waals surface area contributed by atoms with Crippen molar-refractivity contribution < 1.29 is 14.3 Å². The smallest absolute Gasteiger partial charge is 0.246 e. The van der Waals surface area contributed by atoms with Crippen LogP contribution >= 0.6 is 0 Å². The summed E-state index contributed by atoms with van der Waals surface area (Å²) in [6, 6.07) is 11.1. The van der Waals surface area contributed by atoms with Gasteiger partial charge >= 0.3 is 0 Å². The van der Waals surface area contributed by atoms with Crippen LogP contribution in [0.25, 0.3) is 6.08 Å². The molecule has 1 aliphatic rings. The van der Waals surface area contributed by atoms with Crippen LogP contribution < -0.4 is 9.47 Å². The second-order valence-electron chi connectivity index (χ2n) is 5.48. The number of hydrogen-bond acceptors (Lipinski definition) is 5. The monoisotopic (exact) mass is 325 g/mol. The summed E-state index contributed by atoms with van der Waals surface area (Å²) < 4.78 is 10.9. The average Bonchev–Trinajstić information content (AvgIpc) is 3.09. The predicted molar refractivity (Wildman–Crippen MR) is 89.7 cm³/mol. The maximum atomic E-state index is 12.3. The molecular formula is C18H19N3O3. The minimum atomic E-state index is -0.0416. The number of aromatic nitrogens is 2. The fourth-order valence-corrected chi connectivity index (χ4v) is 2.53. The lowest BCUT2D eigenvalue weighted by Crippen LogP contribution is -2.29. The quantitative estimate of drug-likeness (QED) is 0.788. The number of rotatable bonds is 5. The van der Waals surface area contributed by atoms with E-state index in [0.29, 0.717) is 19.0 Å². The van der Waals surface area contributed by atoms with Gasteiger partial charge in [0.05, 0.1) is 13.7 Å². The van der Waals surface area contributed by atoms with Gasteiger partial charge in [0.1, 0.15) is 11.9 Å². The van der Waals surface area contributed by atoms with Crippen LogP contribution in [-0.2, 0) is 4.79 Å². The van der Waals surface area contributed by atoms with E-state index in [1.165, 1.54) is 0 Å². The Morgan fingerprint density at radius 2 is 2.12 bits per heavy atom. The lowest BCUT2D eigenvalue weighted by atomic mass is 10.2. The van der Waals surface area contributed by atoms with Crippen molar-refractivity contribution in [2.24, 2.45) is 0 Å². The molecule has 2 aromatic rings. The maximum Gasteiger partial charge on any atom is 0.246 e. The van der Waals surface area contributed by atoms with Crippen LogP contribution in [0.15, 0.2) is 48.7 Å². The summed E-state index contributed by atoms with van der Waals surface area (Å²) in [6.45, 7) is 1.24. The van der Waals surface area contributed by atoms with Crippen LogP contribution in [0.2, 0.25) is 0 Å². The summed E-state index contributed by atoms with van der Waals surface area (Å²) in [5.41, 5.74) is 0.954. The number of hydrogen-bond donors (Lipinski definition) is 0. The van der Waals surface area contributed by atoms with Gasteiger partial charge in [-0.15, -0.1) is 5.10 Å². The number of carbonyl (C=O) groups is 1. The lowest BCUT2D eigenvalue weighted by Gasteiger charge is -2.15. The van der Waals surface area contributed by atoms with Gasteiger partial charge < -0.3 is 14.4 Å². The Balaban J connectivity index is 1.53. The SMILES string of the molecule is COc1ccc(/C=C/C(=O)N2CC[C@H](Oc3cccnn3)C2)cc1. The zero-order valence-corrected chi connectivity index (χ0v) is 13.5. The second kappa shape index (κ2) is 7.59. The maximum absolute atomic E-state index is 12.3. The van der Waals surface area contributed by atoms with Gasteiger partial charge in [-0.25, -0.2) is 0 Å². The molecule has 1 amide bonds. The van der Waals surface area contributed by atoms with Gasteiger partial charge in [-0.2, -0.15) is 5.10 Å². The molecule has 0 unspecified atom stereocenters. The molecule has 0 N–H and O–H groups in total. The molecule has 0 bridgehead atoms. The molecule has 6 nitrogen and oxygen atoms in total. The molecule has 2 heterocycles. The number of benzene rings is 1. The molecule has 0 radical (unpaired) electrons.